The Bertz CT molecular complexity index is 237. The average molecular weight is 155 g/mol. The maximum Gasteiger partial charge on any atom is 0.0702 e. The van der Waals surface area contributed by atoms with E-state index in [2.05, 4.69) is 12.6 Å². The van der Waals surface area contributed by atoms with E-state index in [1.165, 1.54) is 0 Å². The van der Waals surface area contributed by atoms with E-state index in [1.807, 2.05) is 0 Å². The Morgan fingerprint density at radius 3 is 2.70 bits per heavy atom. The summed E-state index contributed by atoms with van der Waals surface area (Å²) >= 11 is 4.09. The highest BCUT2D eigenvalue weighted by atomic mass is 32.1. The number of benzene rings is 1. The van der Waals surface area contributed by atoms with Crippen molar-refractivity contribution in [1.82, 2.24) is 0 Å². The molecule has 0 aromatic heterocycles. The van der Waals surface area contributed by atoms with Crippen LogP contribution in [0, 0.1) is 0 Å². The molecule has 0 spiro atoms. The Hall–Kier alpha value is -0.670. The number of anilines is 1. The van der Waals surface area contributed by atoms with Crippen LogP contribution < -0.4 is 5.73 Å². The maximum atomic E-state index is 8.73. The molecule has 0 aliphatic heterocycles. The van der Waals surface area contributed by atoms with E-state index in [0.717, 1.165) is 10.5 Å². The highest BCUT2D eigenvalue weighted by molar-refractivity contribution is 7.80. The summed E-state index contributed by atoms with van der Waals surface area (Å²) in [6, 6.07) is 5.27. The Labute approximate surface area is 65.1 Å². The van der Waals surface area contributed by atoms with E-state index in [4.69, 9.17) is 10.8 Å². The maximum absolute atomic E-state index is 8.73. The van der Waals surface area contributed by atoms with Crippen LogP contribution in [0.5, 0.6) is 0 Å². The van der Waals surface area contributed by atoms with Crippen LogP contribution in [0.4, 0.5) is 5.69 Å². The van der Waals surface area contributed by atoms with E-state index >= 15 is 0 Å². The number of rotatable bonds is 1. The van der Waals surface area contributed by atoms with Gasteiger partial charge >= 0.3 is 0 Å². The van der Waals surface area contributed by atoms with Crippen molar-refractivity contribution in [2.75, 3.05) is 5.73 Å². The largest absolute Gasteiger partial charge is 0.398 e. The van der Waals surface area contributed by atoms with E-state index in [-0.39, 0.29) is 6.61 Å². The summed E-state index contributed by atoms with van der Waals surface area (Å²) in [7, 11) is 0. The minimum Gasteiger partial charge on any atom is -0.398 e. The molecule has 3 N–H and O–H groups in total. The molecular weight excluding hydrogens is 146 g/mol. The first-order chi connectivity index (χ1) is 4.74. The van der Waals surface area contributed by atoms with E-state index in [0.29, 0.717) is 5.69 Å². The van der Waals surface area contributed by atoms with Gasteiger partial charge in [0.25, 0.3) is 0 Å². The molecule has 0 fully saturated rings. The van der Waals surface area contributed by atoms with Crippen molar-refractivity contribution >= 4 is 18.3 Å². The summed E-state index contributed by atoms with van der Waals surface area (Å²) in [6.07, 6.45) is 0. The lowest BCUT2D eigenvalue weighted by Gasteiger charge is -2.01. The number of aliphatic hydroxyl groups excluding tert-OH is 1. The van der Waals surface area contributed by atoms with Crippen LogP contribution in [0.2, 0.25) is 0 Å². The standard InChI is InChI=1S/C7H9NOS/c8-7-2-1-6(10)3-5(7)4-9/h1-3,9-10H,4,8H2. The third-order valence-corrected chi connectivity index (χ3v) is 1.58. The molecule has 0 amide bonds. The minimum absolute atomic E-state index is 0.0275. The van der Waals surface area contributed by atoms with E-state index < -0.39 is 0 Å². The summed E-state index contributed by atoms with van der Waals surface area (Å²) in [4.78, 5) is 0.818. The zero-order valence-corrected chi connectivity index (χ0v) is 6.31. The molecule has 0 aliphatic carbocycles. The fourth-order valence-corrected chi connectivity index (χ4v) is 0.959. The molecule has 1 aromatic rings. The predicted octanol–water partition coefficient (Wildman–Crippen LogP) is 1.05. The molecule has 1 rings (SSSR count). The fraction of sp³-hybridized carbons (Fsp3) is 0.143. The van der Waals surface area contributed by atoms with Gasteiger partial charge in [-0.05, 0) is 18.2 Å². The molecule has 10 heavy (non-hydrogen) atoms. The lowest BCUT2D eigenvalue weighted by Crippen LogP contribution is -1.92. The van der Waals surface area contributed by atoms with Crippen molar-refractivity contribution in [3.63, 3.8) is 0 Å². The van der Waals surface area contributed by atoms with Crippen LogP contribution in [0.3, 0.4) is 0 Å². The topological polar surface area (TPSA) is 46.2 Å². The molecule has 0 bridgehead atoms. The van der Waals surface area contributed by atoms with Gasteiger partial charge in [-0.3, -0.25) is 0 Å². The van der Waals surface area contributed by atoms with Crippen LogP contribution in [0.15, 0.2) is 23.1 Å². The summed E-state index contributed by atoms with van der Waals surface area (Å²) < 4.78 is 0. The van der Waals surface area contributed by atoms with E-state index in [1.54, 1.807) is 18.2 Å². The zero-order chi connectivity index (χ0) is 7.56. The first-order valence-corrected chi connectivity index (χ1v) is 3.37. The first kappa shape index (κ1) is 7.44. The number of nitrogens with two attached hydrogens (primary N) is 1. The summed E-state index contributed by atoms with van der Waals surface area (Å²) in [5.74, 6) is 0. The molecule has 1 aromatic carbocycles. The predicted molar refractivity (Wildman–Crippen MR) is 44.0 cm³/mol. The monoisotopic (exact) mass is 155 g/mol. The number of nitrogen functional groups attached to an aromatic ring is 1. The van der Waals surface area contributed by atoms with Gasteiger partial charge in [0, 0.05) is 16.1 Å². The van der Waals surface area contributed by atoms with Crippen LogP contribution in [0.25, 0.3) is 0 Å². The van der Waals surface area contributed by atoms with Crippen molar-refractivity contribution in [3.8, 4) is 0 Å². The third kappa shape index (κ3) is 1.43. The van der Waals surface area contributed by atoms with Gasteiger partial charge in [0.15, 0.2) is 0 Å². The van der Waals surface area contributed by atoms with Crippen LogP contribution in [0.1, 0.15) is 5.56 Å². The molecule has 0 radical (unpaired) electrons. The van der Waals surface area contributed by atoms with E-state index in [9.17, 15) is 0 Å². The highest BCUT2D eigenvalue weighted by Crippen LogP contribution is 2.15. The number of thiol groups is 1. The number of hydrogen-bond acceptors (Lipinski definition) is 3. The molecule has 0 heterocycles. The molecule has 0 atom stereocenters. The quantitative estimate of drug-likeness (QED) is 0.419. The zero-order valence-electron chi connectivity index (χ0n) is 5.41. The van der Waals surface area contributed by atoms with Crippen LogP contribution in [-0.2, 0) is 6.61 Å². The van der Waals surface area contributed by atoms with Crippen LogP contribution in [-0.4, -0.2) is 5.11 Å². The van der Waals surface area contributed by atoms with Gasteiger partial charge in [0.05, 0.1) is 6.61 Å². The smallest absolute Gasteiger partial charge is 0.0702 e. The molecule has 0 unspecified atom stereocenters. The first-order valence-electron chi connectivity index (χ1n) is 2.92. The van der Waals surface area contributed by atoms with Gasteiger partial charge in [-0.25, -0.2) is 0 Å². The van der Waals surface area contributed by atoms with Crippen molar-refractivity contribution in [2.24, 2.45) is 0 Å². The summed E-state index contributed by atoms with van der Waals surface area (Å²) in [5, 5.41) is 8.73. The molecular formula is C7H9NOS. The fourth-order valence-electron chi connectivity index (χ4n) is 0.729. The van der Waals surface area contributed by atoms with Gasteiger partial charge < -0.3 is 10.8 Å². The minimum atomic E-state index is -0.0275. The Balaban J connectivity index is 3.09. The summed E-state index contributed by atoms with van der Waals surface area (Å²) in [6.45, 7) is -0.0275. The van der Waals surface area contributed by atoms with Gasteiger partial charge in [-0.15, -0.1) is 12.6 Å². The average Bonchev–Trinajstić information content (AvgIpc) is 1.94. The Morgan fingerprint density at radius 2 is 2.20 bits per heavy atom. The van der Waals surface area contributed by atoms with Crippen LogP contribution >= 0.6 is 12.6 Å². The molecule has 0 saturated carbocycles. The molecule has 54 valence electrons. The molecule has 0 saturated heterocycles. The van der Waals surface area contributed by atoms with Crippen molar-refractivity contribution < 1.29 is 5.11 Å². The number of hydrogen-bond donors (Lipinski definition) is 3. The molecule has 2 nitrogen and oxygen atoms in total. The second kappa shape index (κ2) is 2.94. The lowest BCUT2D eigenvalue weighted by atomic mass is 10.2. The van der Waals surface area contributed by atoms with Crippen molar-refractivity contribution in [1.29, 1.82) is 0 Å². The van der Waals surface area contributed by atoms with Crippen molar-refractivity contribution in [3.05, 3.63) is 23.8 Å². The highest BCUT2D eigenvalue weighted by Gasteiger charge is 1.95. The lowest BCUT2D eigenvalue weighted by molar-refractivity contribution is 0.282. The Morgan fingerprint density at radius 1 is 1.50 bits per heavy atom. The van der Waals surface area contributed by atoms with Crippen molar-refractivity contribution in [2.45, 2.75) is 11.5 Å². The van der Waals surface area contributed by atoms with Gasteiger partial charge in [0.2, 0.25) is 0 Å². The van der Waals surface area contributed by atoms with Gasteiger partial charge in [0.1, 0.15) is 0 Å². The third-order valence-electron chi connectivity index (χ3n) is 1.30. The second-order valence-corrected chi connectivity index (χ2v) is 2.56. The molecule has 0 aliphatic rings. The molecule has 3 heteroatoms. The number of aliphatic hydroxyl groups is 1. The van der Waals surface area contributed by atoms with Gasteiger partial charge in [-0.1, -0.05) is 0 Å². The SMILES string of the molecule is Nc1ccc(S)cc1CO. The second-order valence-electron chi connectivity index (χ2n) is 2.04. The normalized spacial score (nSPS) is 9.80. The Kier molecular flexibility index (Phi) is 2.19. The summed E-state index contributed by atoms with van der Waals surface area (Å²) in [5.41, 5.74) is 6.85. The van der Waals surface area contributed by atoms with Gasteiger partial charge in [-0.2, -0.15) is 0 Å².